The van der Waals surface area contributed by atoms with E-state index >= 15 is 0 Å². The van der Waals surface area contributed by atoms with Crippen molar-refractivity contribution >= 4 is 0 Å². The summed E-state index contributed by atoms with van der Waals surface area (Å²) in [6.07, 6.45) is 17.4. The maximum atomic E-state index is 5.68. The molecule has 0 aromatic heterocycles. The Labute approximate surface area is 119 Å². The Kier molecular flexibility index (Phi) is 7.23. The lowest BCUT2D eigenvalue weighted by atomic mass is 9.97. The van der Waals surface area contributed by atoms with Gasteiger partial charge in [0.05, 0.1) is 6.10 Å². The first kappa shape index (κ1) is 15.3. The molecule has 0 spiro atoms. The molecule has 1 N–H and O–H groups in total. The van der Waals surface area contributed by atoms with Gasteiger partial charge in [0.15, 0.2) is 0 Å². The van der Waals surface area contributed by atoms with Crippen LogP contribution in [0.1, 0.15) is 84.0 Å². The van der Waals surface area contributed by atoms with E-state index < -0.39 is 0 Å². The molecule has 2 nitrogen and oxygen atoms in total. The van der Waals surface area contributed by atoms with E-state index in [0.717, 1.165) is 12.6 Å². The summed E-state index contributed by atoms with van der Waals surface area (Å²) in [5.41, 5.74) is 0. The predicted octanol–water partition coefficient (Wildman–Crippen LogP) is 4.43. The molecule has 0 bridgehead atoms. The van der Waals surface area contributed by atoms with Crippen molar-refractivity contribution in [3.63, 3.8) is 0 Å². The molecular formula is C17H33NO. The van der Waals surface area contributed by atoms with Crippen LogP contribution < -0.4 is 5.32 Å². The van der Waals surface area contributed by atoms with Crippen LogP contribution in [-0.4, -0.2) is 24.8 Å². The SMILES string of the molecule is CC1OCCC1NC1CCCCCCCCCCC1. The third-order valence-electron chi connectivity index (χ3n) is 4.93. The largest absolute Gasteiger partial charge is 0.377 e. The van der Waals surface area contributed by atoms with Crippen molar-refractivity contribution in [1.82, 2.24) is 5.32 Å². The number of hydrogen-bond donors (Lipinski definition) is 1. The first-order valence-electron chi connectivity index (χ1n) is 8.74. The van der Waals surface area contributed by atoms with Crippen LogP contribution in [0.4, 0.5) is 0 Å². The molecule has 1 saturated heterocycles. The summed E-state index contributed by atoms with van der Waals surface area (Å²) in [5, 5.41) is 3.89. The number of nitrogens with one attached hydrogen (secondary N) is 1. The van der Waals surface area contributed by atoms with Crippen molar-refractivity contribution in [2.75, 3.05) is 6.61 Å². The zero-order valence-electron chi connectivity index (χ0n) is 12.8. The lowest BCUT2D eigenvalue weighted by molar-refractivity contribution is 0.110. The van der Waals surface area contributed by atoms with Crippen molar-refractivity contribution in [2.45, 2.75) is 102 Å². The quantitative estimate of drug-likeness (QED) is 0.799. The van der Waals surface area contributed by atoms with Crippen LogP contribution in [0.2, 0.25) is 0 Å². The maximum Gasteiger partial charge on any atom is 0.0700 e. The van der Waals surface area contributed by atoms with Crippen LogP contribution in [0.5, 0.6) is 0 Å². The lowest BCUT2D eigenvalue weighted by Gasteiger charge is -2.25. The molecule has 2 fully saturated rings. The zero-order chi connectivity index (χ0) is 13.3. The monoisotopic (exact) mass is 267 g/mol. The van der Waals surface area contributed by atoms with Gasteiger partial charge in [-0.05, 0) is 26.2 Å². The molecule has 0 aromatic carbocycles. The normalized spacial score (nSPS) is 32.7. The van der Waals surface area contributed by atoms with Crippen molar-refractivity contribution in [2.24, 2.45) is 0 Å². The number of rotatable bonds is 2. The van der Waals surface area contributed by atoms with Gasteiger partial charge >= 0.3 is 0 Å². The van der Waals surface area contributed by atoms with Crippen LogP contribution >= 0.6 is 0 Å². The van der Waals surface area contributed by atoms with E-state index in [1.54, 1.807) is 0 Å². The van der Waals surface area contributed by atoms with E-state index in [2.05, 4.69) is 12.2 Å². The molecule has 2 heteroatoms. The van der Waals surface area contributed by atoms with Crippen molar-refractivity contribution in [3.8, 4) is 0 Å². The summed E-state index contributed by atoms with van der Waals surface area (Å²) in [6.45, 7) is 3.17. The highest BCUT2D eigenvalue weighted by Crippen LogP contribution is 2.20. The van der Waals surface area contributed by atoms with Gasteiger partial charge in [0, 0.05) is 18.7 Å². The third-order valence-corrected chi connectivity index (χ3v) is 4.93. The second kappa shape index (κ2) is 8.97. The Morgan fingerprint density at radius 1 is 0.737 bits per heavy atom. The van der Waals surface area contributed by atoms with Crippen LogP contribution in [0.15, 0.2) is 0 Å². The minimum atomic E-state index is 0.418. The number of ether oxygens (including phenoxy) is 1. The van der Waals surface area contributed by atoms with Crippen LogP contribution in [0, 0.1) is 0 Å². The van der Waals surface area contributed by atoms with Gasteiger partial charge < -0.3 is 10.1 Å². The minimum absolute atomic E-state index is 0.418. The van der Waals surface area contributed by atoms with Gasteiger partial charge in [-0.15, -0.1) is 0 Å². The highest BCUT2D eigenvalue weighted by atomic mass is 16.5. The standard InChI is InChI=1S/C17H33NO/c1-15-17(13-14-19-15)18-16-11-9-7-5-3-2-4-6-8-10-12-16/h15-18H,2-14H2,1H3. The highest BCUT2D eigenvalue weighted by molar-refractivity contribution is 4.83. The average molecular weight is 267 g/mol. The fourth-order valence-electron chi connectivity index (χ4n) is 3.58. The Balaban J connectivity index is 1.74. The lowest BCUT2D eigenvalue weighted by Crippen LogP contribution is -2.42. The van der Waals surface area contributed by atoms with Crippen LogP contribution in [0.25, 0.3) is 0 Å². The fraction of sp³-hybridized carbons (Fsp3) is 1.00. The second-order valence-electron chi connectivity index (χ2n) is 6.59. The molecule has 0 radical (unpaired) electrons. The smallest absolute Gasteiger partial charge is 0.0700 e. The molecule has 2 unspecified atom stereocenters. The average Bonchev–Trinajstić information content (AvgIpc) is 2.78. The highest BCUT2D eigenvalue weighted by Gasteiger charge is 2.26. The van der Waals surface area contributed by atoms with Crippen molar-refractivity contribution < 1.29 is 4.74 Å². The first-order valence-corrected chi connectivity index (χ1v) is 8.74. The fourth-order valence-corrected chi connectivity index (χ4v) is 3.58. The molecule has 2 atom stereocenters. The van der Waals surface area contributed by atoms with Gasteiger partial charge in [0.1, 0.15) is 0 Å². The summed E-state index contributed by atoms with van der Waals surface area (Å²) in [4.78, 5) is 0. The molecule has 1 aliphatic heterocycles. The van der Waals surface area contributed by atoms with E-state index in [4.69, 9.17) is 4.74 Å². The molecule has 19 heavy (non-hydrogen) atoms. The van der Waals surface area contributed by atoms with Crippen LogP contribution in [0.3, 0.4) is 0 Å². The summed E-state index contributed by atoms with van der Waals surface area (Å²) in [7, 11) is 0. The minimum Gasteiger partial charge on any atom is -0.377 e. The summed E-state index contributed by atoms with van der Waals surface area (Å²) < 4.78 is 5.68. The molecule has 1 aliphatic carbocycles. The van der Waals surface area contributed by atoms with Gasteiger partial charge in [0.25, 0.3) is 0 Å². The molecular weight excluding hydrogens is 234 g/mol. The molecule has 1 heterocycles. The van der Waals surface area contributed by atoms with Crippen molar-refractivity contribution in [1.29, 1.82) is 0 Å². The Morgan fingerprint density at radius 3 is 1.74 bits per heavy atom. The topological polar surface area (TPSA) is 21.3 Å². The molecule has 1 saturated carbocycles. The first-order chi connectivity index (χ1) is 9.36. The van der Waals surface area contributed by atoms with Crippen LogP contribution in [-0.2, 0) is 4.74 Å². The molecule has 0 amide bonds. The van der Waals surface area contributed by atoms with E-state index in [0.29, 0.717) is 12.1 Å². The molecule has 112 valence electrons. The van der Waals surface area contributed by atoms with Gasteiger partial charge in [-0.2, -0.15) is 0 Å². The Morgan fingerprint density at radius 2 is 1.26 bits per heavy atom. The maximum absolute atomic E-state index is 5.68. The van der Waals surface area contributed by atoms with E-state index in [-0.39, 0.29) is 0 Å². The Bertz CT molecular complexity index is 219. The van der Waals surface area contributed by atoms with Gasteiger partial charge in [-0.1, -0.05) is 57.8 Å². The summed E-state index contributed by atoms with van der Waals surface area (Å²) in [6, 6.07) is 1.35. The second-order valence-corrected chi connectivity index (χ2v) is 6.59. The summed E-state index contributed by atoms with van der Waals surface area (Å²) in [5.74, 6) is 0. The van der Waals surface area contributed by atoms with E-state index in [1.165, 1.54) is 77.0 Å². The molecule has 2 aliphatic rings. The van der Waals surface area contributed by atoms with Gasteiger partial charge in [-0.3, -0.25) is 0 Å². The number of hydrogen-bond acceptors (Lipinski definition) is 2. The van der Waals surface area contributed by atoms with Gasteiger partial charge in [-0.25, -0.2) is 0 Å². The zero-order valence-corrected chi connectivity index (χ0v) is 12.8. The van der Waals surface area contributed by atoms with Crippen molar-refractivity contribution in [3.05, 3.63) is 0 Å². The molecule has 0 aromatic rings. The summed E-state index contributed by atoms with van der Waals surface area (Å²) >= 11 is 0. The van der Waals surface area contributed by atoms with E-state index in [1.807, 2.05) is 0 Å². The Hall–Kier alpha value is -0.0800. The molecule has 2 rings (SSSR count). The van der Waals surface area contributed by atoms with E-state index in [9.17, 15) is 0 Å². The third kappa shape index (κ3) is 5.83. The van der Waals surface area contributed by atoms with Gasteiger partial charge in [0.2, 0.25) is 0 Å². The predicted molar refractivity (Wildman–Crippen MR) is 81.5 cm³/mol.